The molecule has 1 nitrogen and oxygen atoms in total. The minimum absolute atomic E-state index is 0.858. The first-order chi connectivity index (χ1) is 4.45. The summed E-state index contributed by atoms with van der Waals surface area (Å²) in [6, 6.07) is 0. The van der Waals surface area contributed by atoms with E-state index in [1.165, 1.54) is 23.1 Å². The van der Waals surface area contributed by atoms with E-state index in [1.807, 2.05) is 0 Å². The Balaban J connectivity index is 3.47. The van der Waals surface area contributed by atoms with E-state index < -0.39 is 8.24 Å². The van der Waals surface area contributed by atoms with Gasteiger partial charge in [0.1, 0.15) is 8.24 Å². The van der Waals surface area contributed by atoms with Gasteiger partial charge >= 0.3 is 0 Å². The summed E-state index contributed by atoms with van der Waals surface area (Å²) in [5, 5.41) is 0. The fraction of sp³-hybridized carbons (Fsp3) is 1.00. The molecule has 0 heterocycles. The van der Waals surface area contributed by atoms with Crippen molar-refractivity contribution < 1.29 is 0 Å². The minimum Gasteiger partial charge on any atom is -0.338 e. The van der Waals surface area contributed by atoms with Gasteiger partial charge in [-0.15, -0.1) is 0 Å². The predicted octanol–water partition coefficient (Wildman–Crippen LogP) is 0.903. The van der Waals surface area contributed by atoms with E-state index in [9.17, 15) is 0 Å². The molecule has 0 spiro atoms. The first kappa shape index (κ1) is 10.4. The highest BCUT2D eigenvalue weighted by Gasteiger charge is 2.14. The van der Waals surface area contributed by atoms with E-state index in [4.69, 9.17) is 0 Å². The molecule has 0 aromatic heterocycles. The maximum atomic E-state index is 3.72. The van der Waals surface area contributed by atoms with Crippen LogP contribution in [0.2, 0.25) is 19.6 Å². The lowest BCUT2D eigenvalue weighted by Crippen LogP contribution is -2.48. The third kappa shape index (κ3) is 6.51. The molecule has 0 radical (unpaired) electrons. The third-order valence-electron chi connectivity index (χ3n) is 1.40. The van der Waals surface area contributed by atoms with E-state index in [0.29, 0.717) is 0 Å². The van der Waals surface area contributed by atoms with Crippen LogP contribution in [0.25, 0.3) is 0 Å². The standard InChI is InChI=1S/C7H21NSi2/c1-5-6-7(9)8-10(2,3)4/h7-8H,5-6H2,1-4,9H3. The molecular formula is C7H21NSi2. The molecule has 0 aliphatic heterocycles. The molecule has 0 amide bonds. The van der Waals surface area contributed by atoms with Crippen molar-refractivity contribution in [2.75, 3.05) is 0 Å². The molecular weight excluding hydrogens is 154 g/mol. The molecule has 0 aliphatic rings. The Hall–Kier alpha value is 0.394. The largest absolute Gasteiger partial charge is 0.338 e. The second kappa shape index (κ2) is 4.31. The third-order valence-corrected chi connectivity index (χ3v) is 4.20. The van der Waals surface area contributed by atoms with Gasteiger partial charge in [-0.1, -0.05) is 33.0 Å². The molecule has 3 heteroatoms. The molecule has 0 fully saturated rings. The fourth-order valence-corrected chi connectivity index (χ4v) is 6.04. The summed E-state index contributed by atoms with van der Waals surface area (Å²) in [5.41, 5.74) is 0.858. The van der Waals surface area contributed by atoms with Crippen LogP contribution in [0.3, 0.4) is 0 Å². The van der Waals surface area contributed by atoms with Gasteiger partial charge in [0, 0.05) is 10.2 Å². The Morgan fingerprint density at radius 1 is 1.40 bits per heavy atom. The van der Waals surface area contributed by atoms with Gasteiger partial charge in [0.05, 0.1) is 0 Å². The second-order valence-corrected chi connectivity index (χ2v) is 10.3. The van der Waals surface area contributed by atoms with Crippen LogP contribution in [0, 0.1) is 0 Å². The molecule has 1 atom stereocenters. The van der Waals surface area contributed by atoms with Crippen molar-refractivity contribution in [2.24, 2.45) is 0 Å². The van der Waals surface area contributed by atoms with Crippen molar-refractivity contribution >= 4 is 18.5 Å². The number of hydrogen-bond donors (Lipinski definition) is 1. The fourth-order valence-electron chi connectivity index (χ4n) is 1.24. The van der Waals surface area contributed by atoms with Crippen molar-refractivity contribution in [1.29, 1.82) is 0 Å². The van der Waals surface area contributed by atoms with Crippen molar-refractivity contribution in [1.82, 2.24) is 4.98 Å². The normalized spacial score (nSPS) is 15.6. The average molecular weight is 175 g/mol. The van der Waals surface area contributed by atoms with Crippen molar-refractivity contribution in [3.8, 4) is 0 Å². The highest BCUT2D eigenvalue weighted by atomic mass is 28.3. The summed E-state index contributed by atoms with van der Waals surface area (Å²) in [6.45, 7) is 9.37. The zero-order chi connectivity index (χ0) is 8.20. The maximum absolute atomic E-state index is 3.72. The second-order valence-electron chi connectivity index (χ2n) is 4.08. The molecule has 0 saturated carbocycles. The Morgan fingerprint density at radius 3 is 2.20 bits per heavy atom. The lowest BCUT2D eigenvalue weighted by atomic mass is 10.3. The van der Waals surface area contributed by atoms with Crippen molar-refractivity contribution in [2.45, 2.75) is 45.1 Å². The molecule has 10 heavy (non-hydrogen) atoms. The molecule has 0 aliphatic carbocycles. The van der Waals surface area contributed by atoms with Gasteiger partial charge in [-0.25, -0.2) is 0 Å². The highest BCUT2D eigenvalue weighted by Crippen LogP contribution is 1.99. The smallest absolute Gasteiger partial charge is 0.116 e. The predicted molar refractivity (Wildman–Crippen MR) is 55.1 cm³/mol. The van der Waals surface area contributed by atoms with Gasteiger partial charge < -0.3 is 4.98 Å². The Kier molecular flexibility index (Phi) is 4.48. The van der Waals surface area contributed by atoms with Crippen LogP contribution < -0.4 is 4.98 Å². The average Bonchev–Trinajstić information content (AvgIpc) is 1.59. The van der Waals surface area contributed by atoms with Gasteiger partial charge in [0.25, 0.3) is 0 Å². The molecule has 1 unspecified atom stereocenters. The molecule has 0 aromatic rings. The zero-order valence-corrected chi connectivity index (χ0v) is 11.0. The quantitative estimate of drug-likeness (QED) is 0.626. The van der Waals surface area contributed by atoms with Gasteiger partial charge in [0.2, 0.25) is 0 Å². The molecule has 0 bridgehead atoms. The van der Waals surface area contributed by atoms with Gasteiger partial charge in [-0.05, 0) is 12.1 Å². The summed E-state index contributed by atoms with van der Waals surface area (Å²) in [7, 11) is 0.330. The molecule has 0 saturated heterocycles. The summed E-state index contributed by atoms with van der Waals surface area (Å²) < 4.78 is 0. The van der Waals surface area contributed by atoms with E-state index in [-0.39, 0.29) is 0 Å². The first-order valence-electron chi connectivity index (χ1n) is 4.23. The summed E-state index contributed by atoms with van der Waals surface area (Å²) in [4.78, 5) is 3.72. The lowest BCUT2D eigenvalue weighted by molar-refractivity contribution is 0.700. The maximum Gasteiger partial charge on any atom is 0.116 e. The molecule has 0 rings (SSSR count). The monoisotopic (exact) mass is 175 g/mol. The van der Waals surface area contributed by atoms with E-state index >= 15 is 0 Å². The number of hydrogen-bond acceptors (Lipinski definition) is 1. The van der Waals surface area contributed by atoms with E-state index in [2.05, 4.69) is 31.5 Å². The summed E-state index contributed by atoms with van der Waals surface area (Å²) in [6.07, 6.45) is 2.70. The highest BCUT2D eigenvalue weighted by molar-refractivity contribution is 6.74. The molecule has 1 N–H and O–H groups in total. The van der Waals surface area contributed by atoms with Gasteiger partial charge in [-0.3, -0.25) is 0 Å². The Morgan fingerprint density at radius 2 is 1.90 bits per heavy atom. The van der Waals surface area contributed by atoms with Crippen molar-refractivity contribution in [3.63, 3.8) is 0 Å². The minimum atomic E-state index is -0.973. The van der Waals surface area contributed by atoms with E-state index in [0.717, 1.165) is 5.67 Å². The van der Waals surface area contributed by atoms with Crippen LogP contribution in [0.1, 0.15) is 19.8 Å². The number of nitrogens with one attached hydrogen (secondary N) is 1. The Labute approximate surface area is 69.1 Å². The lowest BCUT2D eigenvalue weighted by Gasteiger charge is -2.23. The zero-order valence-electron chi connectivity index (χ0n) is 7.99. The Bertz CT molecular complexity index is 88.1. The van der Waals surface area contributed by atoms with Crippen LogP contribution in [-0.4, -0.2) is 24.1 Å². The van der Waals surface area contributed by atoms with Crippen LogP contribution in [0.5, 0.6) is 0 Å². The molecule has 62 valence electrons. The summed E-state index contributed by atoms with van der Waals surface area (Å²) >= 11 is 0. The van der Waals surface area contributed by atoms with Crippen LogP contribution in [0.15, 0.2) is 0 Å². The SMILES string of the molecule is CCCC([SiH3])N[Si](C)(C)C. The van der Waals surface area contributed by atoms with Gasteiger partial charge in [0.15, 0.2) is 0 Å². The van der Waals surface area contributed by atoms with Gasteiger partial charge in [-0.2, -0.15) is 0 Å². The number of rotatable bonds is 4. The van der Waals surface area contributed by atoms with E-state index in [1.54, 1.807) is 0 Å². The first-order valence-corrected chi connectivity index (χ1v) is 8.89. The van der Waals surface area contributed by atoms with Crippen LogP contribution in [0.4, 0.5) is 0 Å². The summed E-state index contributed by atoms with van der Waals surface area (Å²) in [5.74, 6) is 0. The van der Waals surface area contributed by atoms with Crippen LogP contribution in [-0.2, 0) is 0 Å². The van der Waals surface area contributed by atoms with Crippen molar-refractivity contribution in [3.05, 3.63) is 0 Å². The topological polar surface area (TPSA) is 12.0 Å². The molecule has 0 aromatic carbocycles. The van der Waals surface area contributed by atoms with Crippen LogP contribution >= 0.6 is 0 Å².